The molecule has 59 heavy (non-hydrogen) atoms. The van der Waals surface area contributed by atoms with Crippen molar-refractivity contribution in [2.45, 2.75) is 86.0 Å². The van der Waals surface area contributed by atoms with Crippen molar-refractivity contribution in [1.29, 1.82) is 0 Å². The summed E-state index contributed by atoms with van der Waals surface area (Å²) in [7, 11) is 0. The first-order valence-corrected chi connectivity index (χ1v) is 21.5. The number of aromatic nitrogens is 3. The standard InChI is InChI=1S/C54H57N5/c1-8-37(2)31-38(3)17-16-18-41-32-50(58(42-19-10-9-11-20-42)44-26-25-40(5)56-36-44)53(49-23-14-15-30-55-49)51(33-41)59(52-29-24-39(4)35-57-52)43-27-28-46-45-21-12-13-22-47(45)54(6,7)48(46)34-43/h9-15,19-30,32-38H,8,16-18,31H2,1-7H3. The molecule has 0 radical (unpaired) electrons. The molecule has 4 aromatic carbocycles. The quantitative estimate of drug-likeness (QED) is 0.110. The lowest BCUT2D eigenvalue weighted by molar-refractivity contribution is 0.380. The average molecular weight is 776 g/mol. The topological polar surface area (TPSA) is 45.2 Å². The molecule has 8 rings (SSSR count). The molecule has 0 spiro atoms. The number of para-hydroxylation sites is 1. The lowest BCUT2D eigenvalue weighted by atomic mass is 9.82. The second-order valence-corrected chi connectivity index (χ2v) is 17.2. The van der Waals surface area contributed by atoms with Crippen molar-refractivity contribution >= 4 is 34.3 Å². The minimum Gasteiger partial charge on any atom is -0.308 e. The Hall–Kier alpha value is -6.07. The number of anilines is 6. The van der Waals surface area contributed by atoms with Crippen LogP contribution in [0.5, 0.6) is 0 Å². The molecule has 0 amide bonds. The van der Waals surface area contributed by atoms with Crippen LogP contribution >= 0.6 is 0 Å². The number of hydrogen-bond donors (Lipinski definition) is 0. The molecule has 0 N–H and O–H groups in total. The number of nitrogens with zero attached hydrogens (tertiary/aromatic N) is 5. The third kappa shape index (κ3) is 8.16. The fraction of sp³-hybridized carbons (Fsp3) is 0.278. The minimum absolute atomic E-state index is 0.167. The van der Waals surface area contributed by atoms with Crippen LogP contribution in [0.2, 0.25) is 0 Å². The SMILES string of the molecule is CCC(C)CC(C)CCCc1cc(N(c2ccccc2)c2ccc(C)nc2)c(-c2ccccn2)c(N(c2ccc3c(c2)C(C)(C)c2ccccc2-3)c2ccc(C)cn2)c1. The van der Waals surface area contributed by atoms with Crippen LogP contribution in [0.3, 0.4) is 0 Å². The van der Waals surface area contributed by atoms with Gasteiger partial charge in [0.1, 0.15) is 5.82 Å². The van der Waals surface area contributed by atoms with E-state index in [0.29, 0.717) is 5.92 Å². The molecule has 2 atom stereocenters. The zero-order valence-corrected chi connectivity index (χ0v) is 35.8. The second-order valence-electron chi connectivity index (χ2n) is 17.2. The van der Waals surface area contributed by atoms with Gasteiger partial charge in [-0.1, -0.05) is 108 Å². The fourth-order valence-corrected chi connectivity index (χ4v) is 8.98. The highest BCUT2D eigenvalue weighted by molar-refractivity contribution is 5.98. The maximum atomic E-state index is 5.17. The van der Waals surface area contributed by atoms with Gasteiger partial charge in [-0.25, -0.2) is 4.98 Å². The molecule has 7 aromatic rings. The molecule has 3 aromatic heterocycles. The number of fused-ring (bicyclic) bond motifs is 3. The van der Waals surface area contributed by atoms with Gasteiger partial charge in [0.05, 0.1) is 29.0 Å². The lowest BCUT2D eigenvalue weighted by Crippen LogP contribution is -2.19. The first-order valence-electron chi connectivity index (χ1n) is 21.5. The predicted octanol–water partition coefficient (Wildman–Crippen LogP) is 14.8. The summed E-state index contributed by atoms with van der Waals surface area (Å²) in [5, 5.41) is 0. The molecular weight excluding hydrogens is 719 g/mol. The van der Waals surface area contributed by atoms with E-state index >= 15 is 0 Å². The highest BCUT2D eigenvalue weighted by Crippen LogP contribution is 2.53. The number of hydrogen-bond acceptors (Lipinski definition) is 5. The summed E-state index contributed by atoms with van der Waals surface area (Å²) in [5.74, 6) is 2.27. The van der Waals surface area contributed by atoms with E-state index in [1.807, 2.05) is 31.6 Å². The molecule has 0 saturated carbocycles. The summed E-state index contributed by atoms with van der Waals surface area (Å²) < 4.78 is 0. The van der Waals surface area contributed by atoms with E-state index in [-0.39, 0.29) is 5.41 Å². The first-order chi connectivity index (χ1) is 28.6. The molecule has 0 aliphatic heterocycles. The molecular formula is C54H57N5. The van der Waals surface area contributed by atoms with Gasteiger partial charge in [0, 0.05) is 40.4 Å². The largest absolute Gasteiger partial charge is 0.308 e. The Labute approximate surface area is 351 Å². The number of benzene rings is 4. The summed E-state index contributed by atoms with van der Waals surface area (Å²) in [4.78, 5) is 19.8. The normalized spacial score (nSPS) is 13.7. The van der Waals surface area contributed by atoms with E-state index in [1.54, 1.807) is 0 Å². The van der Waals surface area contributed by atoms with Crippen LogP contribution in [0.4, 0.5) is 34.3 Å². The van der Waals surface area contributed by atoms with Crippen molar-refractivity contribution in [2.24, 2.45) is 11.8 Å². The van der Waals surface area contributed by atoms with Crippen LogP contribution in [0.25, 0.3) is 22.4 Å². The lowest BCUT2D eigenvalue weighted by Gasteiger charge is -2.33. The Morgan fingerprint density at radius 3 is 2.05 bits per heavy atom. The second kappa shape index (κ2) is 17.0. The monoisotopic (exact) mass is 775 g/mol. The molecule has 0 bridgehead atoms. The van der Waals surface area contributed by atoms with Crippen molar-refractivity contribution in [1.82, 2.24) is 15.0 Å². The zero-order valence-electron chi connectivity index (χ0n) is 35.8. The maximum absolute atomic E-state index is 5.17. The summed E-state index contributed by atoms with van der Waals surface area (Å²) >= 11 is 0. The smallest absolute Gasteiger partial charge is 0.137 e. The van der Waals surface area contributed by atoms with E-state index in [4.69, 9.17) is 15.0 Å². The van der Waals surface area contributed by atoms with E-state index in [9.17, 15) is 0 Å². The Kier molecular flexibility index (Phi) is 11.5. The Morgan fingerprint density at radius 2 is 1.34 bits per heavy atom. The highest BCUT2D eigenvalue weighted by atomic mass is 15.2. The van der Waals surface area contributed by atoms with E-state index in [1.165, 1.54) is 47.1 Å². The summed E-state index contributed by atoms with van der Waals surface area (Å²) in [5.41, 5.74) is 15.6. The van der Waals surface area contributed by atoms with Crippen molar-refractivity contribution in [3.8, 4) is 22.4 Å². The van der Waals surface area contributed by atoms with Gasteiger partial charge in [-0.2, -0.15) is 0 Å². The Balaban J connectivity index is 1.40. The van der Waals surface area contributed by atoms with Gasteiger partial charge in [0.2, 0.25) is 0 Å². The van der Waals surface area contributed by atoms with Gasteiger partial charge in [-0.15, -0.1) is 0 Å². The van der Waals surface area contributed by atoms with Gasteiger partial charge in [-0.05, 0) is 145 Å². The van der Waals surface area contributed by atoms with Crippen molar-refractivity contribution in [3.05, 3.63) is 174 Å². The average Bonchev–Trinajstić information content (AvgIpc) is 3.48. The van der Waals surface area contributed by atoms with Gasteiger partial charge in [0.15, 0.2) is 0 Å². The third-order valence-corrected chi connectivity index (χ3v) is 12.3. The van der Waals surface area contributed by atoms with Gasteiger partial charge < -0.3 is 4.90 Å². The Bertz CT molecular complexity index is 2510. The molecule has 5 heteroatoms. The summed E-state index contributed by atoms with van der Waals surface area (Å²) in [6.45, 7) is 16.0. The highest BCUT2D eigenvalue weighted by Gasteiger charge is 2.36. The predicted molar refractivity (Wildman–Crippen MR) is 248 cm³/mol. The minimum atomic E-state index is -0.167. The maximum Gasteiger partial charge on any atom is 0.137 e. The van der Waals surface area contributed by atoms with E-state index in [0.717, 1.165) is 75.5 Å². The van der Waals surface area contributed by atoms with Gasteiger partial charge in [-0.3, -0.25) is 14.9 Å². The van der Waals surface area contributed by atoms with Crippen LogP contribution in [0, 0.1) is 25.7 Å². The number of aryl methyl sites for hydroxylation is 3. The van der Waals surface area contributed by atoms with Crippen LogP contribution in [0.15, 0.2) is 146 Å². The van der Waals surface area contributed by atoms with Gasteiger partial charge in [0.25, 0.3) is 0 Å². The van der Waals surface area contributed by atoms with Crippen molar-refractivity contribution < 1.29 is 0 Å². The van der Waals surface area contributed by atoms with E-state index < -0.39 is 0 Å². The molecule has 5 nitrogen and oxygen atoms in total. The number of pyridine rings is 3. The first kappa shape index (κ1) is 39.7. The molecule has 298 valence electrons. The molecule has 1 aliphatic carbocycles. The molecule has 3 heterocycles. The van der Waals surface area contributed by atoms with Crippen LogP contribution in [-0.4, -0.2) is 15.0 Å². The van der Waals surface area contributed by atoms with Gasteiger partial charge >= 0.3 is 0 Å². The number of rotatable bonds is 14. The summed E-state index contributed by atoms with van der Waals surface area (Å²) in [6.07, 6.45) is 11.6. The van der Waals surface area contributed by atoms with Crippen molar-refractivity contribution in [2.75, 3.05) is 9.80 Å². The van der Waals surface area contributed by atoms with Crippen molar-refractivity contribution in [3.63, 3.8) is 0 Å². The van der Waals surface area contributed by atoms with Crippen LogP contribution in [-0.2, 0) is 11.8 Å². The third-order valence-electron chi connectivity index (χ3n) is 12.3. The zero-order chi connectivity index (χ0) is 41.1. The summed E-state index contributed by atoms with van der Waals surface area (Å²) in [6, 6.07) is 46.2. The molecule has 0 saturated heterocycles. The Morgan fingerprint density at radius 1 is 0.610 bits per heavy atom. The molecule has 2 unspecified atom stereocenters. The fourth-order valence-electron chi connectivity index (χ4n) is 8.98. The van der Waals surface area contributed by atoms with Crippen LogP contribution in [0.1, 0.15) is 88.2 Å². The van der Waals surface area contributed by atoms with E-state index in [2.05, 4.69) is 173 Å². The van der Waals surface area contributed by atoms with Crippen LogP contribution < -0.4 is 9.80 Å². The molecule has 1 aliphatic rings. The molecule has 0 fully saturated rings.